The minimum atomic E-state index is 0.211. The molecule has 0 amide bonds. The number of hydrogen-bond donors (Lipinski definition) is 2. The van der Waals surface area contributed by atoms with Gasteiger partial charge in [0.2, 0.25) is 0 Å². The molecule has 0 fully saturated rings. The van der Waals surface area contributed by atoms with Crippen LogP contribution in [0.5, 0.6) is 0 Å². The molecule has 0 aliphatic carbocycles. The second-order valence-electron chi connectivity index (χ2n) is 2.37. The fraction of sp³-hybridized carbons (Fsp3) is 0.714. The fourth-order valence-electron chi connectivity index (χ4n) is 1.08. The number of nitrogens with two attached hydrogens (primary N) is 1. The van der Waals surface area contributed by atoms with Crippen molar-refractivity contribution in [1.29, 1.82) is 0 Å². The lowest BCUT2D eigenvalue weighted by atomic mass is 10.2. The minimum absolute atomic E-state index is 0.211. The number of nitrogens with one attached hydrogen (secondary N) is 1. The minimum Gasteiger partial charge on any atom is -0.496 e. The van der Waals surface area contributed by atoms with Crippen LogP contribution < -0.4 is 11.3 Å². The molecule has 0 saturated heterocycles. The zero-order valence-electron chi connectivity index (χ0n) is 6.26. The van der Waals surface area contributed by atoms with Crippen molar-refractivity contribution in [3.63, 3.8) is 0 Å². The van der Waals surface area contributed by atoms with E-state index >= 15 is 0 Å². The molecular formula is C7H14N2O. The van der Waals surface area contributed by atoms with Gasteiger partial charge in [-0.3, -0.25) is 5.84 Å². The first-order valence-electron chi connectivity index (χ1n) is 3.67. The Bertz CT molecular complexity index is 130. The molecule has 0 bridgehead atoms. The van der Waals surface area contributed by atoms with Crippen LogP contribution in [0, 0.1) is 0 Å². The van der Waals surface area contributed by atoms with Gasteiger partial charge < -0.3 is 4.74 Å². The third kappa shape index (κ3) is 1.49. The third-order valence-corrected chi connectivity index (χ3v) is 1.68. The molecule has 58 valence electrons. The smallest absolute Gasteiger partial charge is 0.110 e. The first kappa shape index (κ1) is 7.57. The highest BCUT2D eigenvalue weighted by atomic mass is 16.5. The number of hydrazine groups is 1. The van der Waals surface area contributed by atoms with Gasteiger partial charge in [0, 0.05) is 6.42 Å². The van der Waals surface area contributed by atoms with Gasteiger partial charge in [0.1, 0.15) is 5.76 Å². The van der Waals surface area contributed by atoms with E-state index in [0.29, 0.717) is 0 Å². The van der Waals surface area contributed by atoms with Crippen molar-refractivity contribution in [1.82, 2.24) is 5.43 Å². The van der Waals surface area contributed by atoms with Crippen LogP contribution in [0.4, 0.5) is 0 Å². The van der Waals surface area contributed by atoms with E-state index in [2.05, 4.69) is 18.4 Å². The van der Waals surface area contributed by atoms with Crippen LogP contribution in [0.15, 0.2) is 11.8 Å². The van der Waals surface area contributed by atoms with Crippen LogP contribution >= 0.6 is 0 Å². The summed E-state index contributed by atoms with van der Waals surface area (Å²) in [5.41, 5.74) is 2.70. The molecule has 1 atom stereocenters. The van der Waals surface area contributed by atoms with Gasteiger partial charge in [0.25, 0.3) is 0 Å². The first-order valence-corrected chi connectivity index (χ1v) is 3.67. The Morgan fingerprint density at radius 1 is 1.90 bits per heavy atom. The molecule has 3 N–H and O–H groups in total. The zero-order valence-corrected chi connectivity index (χ0v) is 6.26. The summed E-state index contributed by atoms with van der Waals surface area (Å²) >= 11 is 0. The Labute approximate surface area is 61.2 Å². The average Bonchev–Trinajstić information content (AvgIpc) is 2.43. The standard InChI is InChI=1S/C7H14N2O/c1-2-6(9-8)7-4-3-5-10-7/h4,6,9H,2-3,5,8H2,1H3. The van der Waals surface area contributed by atoms with Crippen molar-refractivity contribution in [2.24, 2.45) is 5.84 Å². The highest BCUT2D eigenvalue weighted by Crippen LogP contribution is 2.14. The second kappa shape index (κ2) is 3.58. The Kier molecular flexibility index (Phi) is 2.71. The Morgan fingerprint density at radius 2 is 2.70 bits per heavy atom. The molecule has 0 aromatic carbocycles. The quantitative estimate of drug-likeness (QED) is 0.446. The van der Waals surface area contributed by atoms with E-state index in [0.717, 1.165) is 25.2 Å². The summed E-state index contributed by atoms with van der Waals surface area (Å²) in [5, 5.41) is 0. The molecule has 1 aliphatic rings. The van der Waals surface area contributed by atoms with Crippen LogP contribution in [-0.2, 0) is 4.74 Å². The summed E-state index contributed by atoms with van der Waals surface area (Å²) in [6.07, 6.45) is 4.09. The first-order chi connectivity index (χ1) is 4.88. The van der Waals surface area contributed by atoms with Crippen LogP contribution in [0.25, 0.3) is 0 Å². The summed E-state index contributed by atoms with van der Waals surface area (Å²) in [7, 11) is 0. The third-order valence-electron chi connectivity index (χ3n) is 1.68. The van der Waals surface area contributed by atoms with Crippen molar-refractivity contribution >= 4 is 0 Å². The van der Waals surface area contributed by atoms with E-state index in [1.54, 1.807) is 0 Å². The molecule has 0 aromatic heterocycles. The summed E-state index contributed by atoms with van der Waals surface area (Å²) in [5.74, 6) is 6.30. The summed E-state index contributed by atoms with van der Waals surface area (Å²) in [6, 6.07) is 0.211. The molecule has 3 heteroatoms. The molecule has 0 radical (unpaired) electrons. The monoisotopic (exact) mass is 142 g/mol. The van der Waals surface area contributed by atoms with Crippen LogP contribution in [0.3, 0.4) is 0 Å². The largest absolute Gasteiger partial charge is 0.496 e. The van der Waals surface area contributed by atoms with Crippen molar-refractivity contribution in [3.05, 3.63) is 11.8 Å². The predicted octanol–water partition coefficient (Wildman–Crippen LogP) is 0.533. The van der Waals surface area contributed by atoms with Crippen molar-refractivity contribution in [2.75, 3.05) is 6.61 Å². The maximum Gasteiger partial charge on any atom is 0.110 e. The lowest BCUT2D eigenvalue weighted by Gasteiger charge is -2.14. The van der Waals surface area contributed by atoms with Gasteiger partial charge in [0.15, 0.2) is 0 Å². The molecular weight excluding hydrogens is 128 g/mol. The predicted molar refractivity (Wildman–Crippen MR) is 40.1 cm³/mol. The van der Waals surface area contributed by atoms with E-state index < -0.39 is 0 Å². The lowest BCUT2D eigenvalue weighted by Crippen LogP contribution is -2.36. The number of ether oxygens (including phenoxy) is 1. The Morgan fingerprint density at radius 3 is 3.10 bits per heavy atom. The molecule has 1 rings (SSSR count). The summed E-state index contributed by atoms with van der Waals surface area (Å²) in [4.78, 5) is 0. The van der Waals surface area contributed by atoms with Crippen LogP contribution in [0.1, 0.15) is 19.8 Å². The van der Waals surface area contributed by atoms with Crippen molar-refractivity contribution < 1.29 is 4.74 Å². The highest BCUT2D eigenvalue weighted by molar-refractivity contribution is 5.05. The van der Waals surface area contributed by atoms with Crippen LogP contribution in [0.2, 0.25) is 0 Å². The van der Waals surface area contributed by atoms with Gasteiger partial charge in [-0.05, 0) is 12.5 Å². The molecule has 0 spiro atoms. The summed E-state index contributed by atoms with van der Waals surface area (Å²) < 4.78 is 5.32. The molecule has 1 heterocycles. The van der Waals surface area contributed by atoms with Gasteiger partial charge in [-0.1, -0.05) is 6.92 Å². The van der Waals surface area contributed by atoms with Crippen molar-refractivity contribution in [3.8, 4) is 0 Å². The molecule has 1 aliphatic heterocycles. The highest BCUT2D eigenvalue weighted by Gasteiger charge is 2.14. The van der Waals surface area contributed by atoms with E-state index in [4.69, 9.17) is 10.6 Å². The lowest BCUT2D eigenvalue weighted by molar-refractivity contribution is 0.213. The Balaban J connectivity index is 2.44. The van der Waals surface area contributed by atoms with Gasteiger partial charge in [-0.2, -0.15) is 0 Å². The molecule has 0 saturated carbocycles. The number of hydrogen-bond acceptors (Lipinski definition) is 3. The van der Waals surface area contributed by atoms with E-state index in [9.17, 15) is 0 Å². The molecule has 10 heavy (non-hydrogen) atoms. The SMILES string of the molecule is CCC(NN)C1=CCCO1. The molecule has 3 nitrogen and oxygen atoms in total. The van der Waals surface area contributed by atoms with Crippen LogP contribution in [-0.4, -0.2) is 12.6 Å². The average molecular weight is 142 g/mol. The van der Waals surface area contributed by atoms with Crippen molar-refractivity contribution in [2.45, 2.75) is 25.8 Å². The normalized spacial score (nSPS) is 20.0. The number of rotatable bonds is 3. The van der Waals surface area contributed by atoms with Gasteiger partial charge in [0.05, 0.1) is 12.6 Å². The Hall–Kier alpha value is -0.540. The fourth-order valence-corrected chi connectivity index (χ4v) is 1.08. The summed E-state index contributed by atoms with van der Waals surface area (Å²) in [6.45, 7) is 2.89. The maximum atomic E-state index is 5.32. The van der Waals surface area contributed by atoms with E-state index in [1.807, 2.05) is 0 Å². The second-order valence-corrected chi connectivity index (χ2v) is 2.37. The van der Waals surface area contributed by atoms with Gasteiger partial charge in [-0.15, -0.1) is 0 Å². The van der Waals surface area contributed by atoms with Gasteiger partial charge in [-0.25, -0.2) is 5.43 Å². The maximum absolute atomic E-state index is 5.32. The topological polar surface area (TPSA) is 47.3 Å². The molecule has 1 unspecified atom stereocenters. The van der Waals surface area contributed by atoms with Gasteiger partial charge >= 0.3 is 0 Å². The van der Waals surface area contributed by atoms with E-state index in [-0.39, 0.29) is 6.04 Å². The zero-order chi connectivity index (χ0) is 7.40. The molecule has 0 aromatic rings. The van der Waals surface area contributed by atoms with E-state index in [1.165, 1.54) is 0 Å².